The van der Waals surface area contributed by atoms with Crippen molar-refractivity contribution in [2.45, 2.75) is 31.7 Å². The molecule has 0 aromatic carbocycles. The molecule has 0 aromatic heterocycles. The average molecular weight is 213 g/mol. The van der Waals surface area contributed by atoms with Crippen molar-refractivity contribution in [1.82, 2.24) is 9.80 Å². The van der Waals surface area contributed by atoms with Gasteiger partial charge in [0.15, 0.2) is 0 Å². The van der Waals surface area contributed by atoms with Gasteiger partial charge in [-0.2, -0.15) is 0 Å². The van der Waals surface area contributed by atoms with Crippen LogP contribution in [0, 0.1) is 5.92 Å². The van der Waals surface area contributed by atoms with Crippen molar-refractivity contribution >= 4 is 0 Å². The molecule has 2 atom stereocenters. The molecule has 0 amide bonds. The fourth-order valence-electron chi connectivity index (χ4n) is 2.67. The molecule has 0 spiro atoms. The summed E-state index contributed by atoms with van der Waals surface area (Å²) in [6, 6.07) is 0.747. The minimum atomic E-state index is 0.745. The monoisotopic (exact) mass is 213 g/mol. The summed E-state index contributed by atoms with van der Waals surface area (Å²) < 4.78 is 0. The Morgan fingerprint density at radius 3 is 2.47 bits per heavy atom. The molecule has 90 valence electrons. The van der Waals surface area contributed by atoms with Crippen molar-refractivity contribution in [2.75, 3.05) is 40.8 Å². The Balaban J connectivity index is 2.23. The topological polar surface area (TPSA) is 32.5 Å². The molecule has 0 radical (unpaired) electrons. The number of rotatable bonds is 6. The van der Waals surface area contributed by atoms with Gasteiger partial charge >= 0.3 is 0 Å². The summed E-state index contributed by atoms with van der Waals surface area (Å²) in [5.41, 5.74) is 5.80. The Kier molecular flexibility index (Phi) is 5.58. The van der Waals surface area contributed by atoms with Gasteiger partial charge in [-0.3, -0.25) is 0 Å². The second-order valence-electron chi connectivity index (χ2n) is 5.13. The van der Waals surface area contributed by atoms with Crippen LogP contribution in [0.2, 0.25) is 0 Å². The van der Waals surface area contributed by atoms with Crippen molar-refractivity contribution in [2.24, 2.45) is 11.7 Å². The minimum absolute atomic E-state index is 0.745. The lowest BCUT2D eigenvalue weighted by molar-refractivity contribution is 0.192. The van der Waals surface area contributed by atoms with Crippen molar-refractivity contribution in [3.63, 3.8) is 0 Å². The number of nitrogens with zero attached hydrogens (tertiary/aromatic N) is 2. The van der Waals surface area contributed by atoms with Crippen molar-refractivity contribution in [3.05, 3.63) is 0 Å². The first-order chi connectivity index (χ1) is 7.15. The first-order valence-corrected chi connectivity index (χ1v) is 6.20. The zero-order valence-corrected chi connectivity index (χ0v) is 10.6. The van der Waals surface area contributed by atoms with Crippen LogP contribution in [0.5, 0.6) is 0 Å². The van der Waals surface area contributed by atoms with E-state index in [0.717, 1.165) is 18.5 Å². The maximum Gasteiger partial charge on any atom is 0.0132 e. The molecule has 1 rings (SSSR count). The molecule has 0 aromatic rings. The molecule has 0 aliphatic heterocycles. The summed E-state index contributed by atoms with van der Waals surface area (Å²) >= 11 is 0. The van der Waals surface area contributed by atoms with Crippen molar-refractivity contribution < 1.29 is 0 Å². The van der Waals surface area contributed by atoms with E-state index in [1.807, 2.05) is 0 Å². The van der Waals surface area contributed by atoms with Gasteiger partial charge in [-0.05, 0) is 66.0 Å². The van der Waals surface area contributed by atoms with E-state index in [2.05, 4.69) is 30.9 Å². The van der Waals surface area contributed by atoms with Crippen LogP contribution in [0.3, 0.4) is 0 Å². The smallest absolute Gasteiger partial charge is 0.0132 e. The third-order valence-electron chi connectivity index (χ3n) is 3.60. The van der Waals surface area contributed by atoms with Gasteiger partial charge in [0.25, 0.3) is 0 Å². The van der Waals surface area contributed by atoms with Crippen LogP contribution in [0.15, 0.2) is 0 Å². The third-order valence-corrected chi connectivity index (χ3v) is 3.60. The predicted molar refractivity (Wildman–Crippen MR) is 66.0 cm³/mol. The predicted octanol–water partition coefficient (Wildman–Crippen LogP) is 0.997. The zero-order chi connectivity index (χ0) is 11.3. The van der Waals surface area contributed by atoms with Gasteiger partial charge in [-0.25, -0.2) is 0 Å². The average Bonchev–Trinajstić information content (AvgIpc) is 2.64. The standard InChI is InChI=1S/C12H27N3/c1-14(2)8-5-9-15(3)12-7-4-6-11(12)10-13/h11-12H,4-10,13H2,1-3H3. The number of nitrogens with two attached hydrogens (primary N) is 1. The molecule has 1 saturated carbocycles. The Labute approximate surface area is 94.6 Å². The highest BCUT2D eigenvalue weighted by Crippen LogP contribution is 2.28. The Morgan fingerprint density at radius 1 is 1.13 bits per heavy atom. The second kappa shape index (κ2) is 6.46. The molecule has 1 aliphatic rings. The summed E-state index contributed by atoms with van der Waals surface area (Å²) in [7, 11) is 6.53. The number of hydrogen-bond acceptors (Lipinski definition) is 3. The van der Waals surface area contributed by atoms with Crippen LogP contribution in [-0.2, 0) is 0 Å². The summed E-state index contributed by atoms with van der Waals surface area (Å²) in [5, 5.41) is 0. The molecule has 3 heteroatoms. The van der Waals surface area contributed by atoms with Crippen LogP contribution in [0.25, 0.3) is 0 Å². The lowest BCUT2D eigenvalue weighted by Gasteiger charge is -2.29. The van der Waals surface area contributed by atoms with Gasteiger partial charge in [0.2, 0.25) is 0 Å². The number of hydrogen-bond donors (Lipinski definition) is 1. The van der Waals surface area contributed by atoms with E-state index in [9.17, 15) is 0 Å². The van der Waals surface area contributed by atoms with E-state index >= 15 is 0 Å². The highest BCUT2D eigenvalue weighted by molar-refractivity contribution is 4.84. The van der Waals surface area contributed by atoms with Crippen LogP contribution < -0.4 is 5.73 Å². The lowest BCUT2D eigenvalue weighted by Crippen LogP contribution is -2.38. The maximum atomic E-state index is 5.80. The third kappa shape index (κ3) is 4.09. The Hall–Kier alpha value is -0.120. The maximum absolute atomic E-state index is 5.80. The van der Waals surface area contributed by atoms with Crippen LogP contribution in [0.1, 0.15) is 25.7 Å². The molecular weight excluding hydrogens is 186 g/mol. The Bertz CT molecular complexity index is 170. The van der Waals surface area contributed by atoms with Gasteiger partial charge < -0.3 is 15.5 Å². The Morgan fingerprint density at radius 2 is 1.87 bits per heavy atom. The summed E-state index contributed by atoms with van der Waals surface area (Å²) in [4.78, 5) is 4.77. The molecule has 3 nitrogen and oxygen atoms in total. The molecular formula is C12H27N3. The molecule has 0 bridgehead atoms. The first-order valence-electron chi connectivity index (χ1n) is 6.20. The second-order valence-corrected chi connectivity index (χ2v) is 5.13. The van der Waals surface area contributed by atoms with Gasteiger partial charge in [-0.15, -0.1) is 0 Å². The summed E-state index contributed by atoms with van der Waals surface area (Å²) in [5.74, 6) is 0.745. The fraction of sp³-hybridized carbons (Fsp3) is 1.00. The fourth-order valence-corrected chi connectivity index (χ4v) is 2.67. The van der Waals surface area contributed by atoms with Gasteiger partial charge in [0.05, 0.1) is 0 Å². The zero-order valence-electron chi connectivity index (χ0n) is 10.6. The van der Waals surface area contributed by atoms with Crippen LogP contribution >= 0.6 is 0 Å². The van der Waals surface area contributed by atoms with Gasteiger partial charge in [0.1, 0.15) is 0 Å². The van der Waals surface area contributed by atoms with Gasteiger partial charge in [0, 0.05) is 6.04 Å². The van der Waals surface area contributed by atoms with Crippen LogP contribution in [0.4, 0.5) is 0 Å². The largest absolute Gasteiger partial charge is 0.330 e. The molecule has 0 heterocycles. The molecule has 2 unspecified atom stereocenters. The lowest BCUT2D eigenvalue weighted by atomic mass is 10.0. The highest BCUT2D eigenvalue weighted by Gasteiger charge is 2.28. The van der Waals surface area contributed by atoms with E-state index in [4.69, 9.17) is 5.73 Å². The van der Waals surface area contributed by atoms with E-state index in [0.29, 0.717) is 0 Å². The van der Waals surface area contributed by atoms with Crippen LogP contribution in [-0.4, -0.2) is 56.6 Å². The van der Waals surface area contributed by atoms with Gasteiger partial charge in [-0.1, -0.05) is 6.42 Å². The van der Waals surface area contributed by atoms with Crippen molar-refractivity contribution in [3.8, 4) is 0 Å². The normalized spacial score (nSPS) is 26.8. The molecule has 1 fully saturated rings. The highest BCUT2D eigenvalue weighted by atomic mass is 15.1. The molecule has 2 N–H and O–H groups in total. The minimum Gasteiger partial charge on any atom is -0.330 e. The molecule has 1 aliphatic carbocycles. The molecule has 0 saturated heterocycles. The van der Waals surface area contributed by atoms with E-state index < -0.39 is 0 Å². The SMILES string of the molecule is CN(C)CCCN(C)C1CCCC1CN. The first kappa shape index (κ1) is 12.9. The summed E-state index contributed by atoms with van der Waals surface area (Å²) in [6.07, 6.45) is 5.31. The molecule has 15 heavy (non-hydrogen) atoms. The van der Waals surface area contributed by atoms with Crippen molar-refractivity contribution in [1.29, 1.82) is 0 Å². The quantitative estimate of drug-likeness (QED) is 0.714. The van der Waals surface area contributed by atoms with E-state index in [-0.39, 0.29) is 0 Å². The summed E-state index contributed by atoms with van der Waals surface area (Å²) in [6.45, 7) is 3.26. The van der Waals surface area contributed by atoms with E-state index in [1.54, 1.807) is 0 Å². The van der Waals surface area contributed by atoms with E-state index in [1.165, 1.54) is 38.8 Å².